The molecule has 0 radical (unpaired) electrons. The molecular weight excluding hydrogens is 506 g/mol. The van der Waals surface area contributed by atoms with E-state index in [1.54, 1.807) is 38.5 Å². The number of aliphatic hydroxyl groups excluding tert-OH is 1. The largest absolute Gasteiger partial charge is 0.497 e. The van der Waals surface area contributed by atoms with Gasteiger partial charge in [0.15, 0.2) is 0 Å². The Bertz CT molecular complexity index is 1230. The first kappa shape index (κ1) is 28.9. The van der Waals surface area contributed by atoms with Crippen molar-refractivity contribution in [2.45, 2.75) is 57.0 Å². The van der Waals surface area contributed by atoms with E-state index in [1.807, 2.05) is 30.3 Å². The summed E-state index contributed by atoms with van der Waals surface area (Å²) in [5, 5.41) is 14.2. The molecule has 0 bridgehead atoms. The summed E-state index contributed by atoms with van der Waals surface area (Å²) in [6.45, 7) is 7.28. The van der Waals surface area contributed by atoms with Crippen LogP contribution in [-0.4, -0.2) is 52.1 Å². The zero-order valence-electron chi connectivity index (χ0n) is 23.6. The molecule has 1 aliphatic heterocycles. The van der Waals surface area contributed by atoms with Crippen LogP contribution in [0.2, 0.25) is 18.6 Å². The van der Waals surface area contributed by atoms with Crippen LogP contribution >= 0.6 is 0 Å². The number of carbonyl (C=O) groups is 1. The van der Waals surface area contributed by atoms with Gasteiger partial charge in [0.05, 0.1) is 34.5 Å². The molecule has 1 fully saturated rings. The van der Waals surface area contributed by atoms with Crippen molar-refractivity contribution in [3.05, 3.63) is 83.9 Å². The minimum absolute atomic E-state index is 0.0499. The fourth-order valence-corrected chi connectivity index (χ4v) is 10.2. The molecule has 1 heterocycles. The number of hydrogen-bond acceptors (Lipinski definition) is 5. The Balaban J connectivity index is 1.42. The fourth-order valence-electron chi connectivity index (χ4n) is 6.10. The molecule has 0 spiro atoms. The maximum Gasteiger partial charge on any atom is 0.255 e. The van der Waals surface area contributed by atoms with E-state index in [2.05, 4.69) is 43.5 Å². The predicted octanol–water partition coefficient (Wildman–Crippen LogP) is 5.66. The Kier molecular flexibility index (Phi) is 9.48. The van der Waals surface area contributed by atoms with Crippen LogP contribution in [0.4, 0.5) is 5.69 Å². The second-order valence-electron chi connectivity index (χ2n) is 11.0. The SMILES string of the molecule is COc1ccc(C(=O)Nc2cccc(CC[C@H]3O[C@@H](CCO)[C@H]([Si](C)(C)c4ccc(OC)cc4)[C@H]3C)c2)cc1. The number of nitrogens with one attached hydrogen (secondary N) is 1. The van der Waals surface area contributed by atoms with Crippen molar-refractivity contribution >= 4 is 24.9 Å². The van der Waals surface area contributed by atoms with Crippen molar-refractivity contribution in [3.63, 3.8) is 0 Å². The summed E-state index contributed by atoms with van der Waals surface area (Å²) in [4.78, 5) is 12.7. The van der Waals surface area contributed by atoms with Gasteiger partial charge < -0.3 is 24.6 Å². The first-order valence-electron chi connectivity index (χ1n) is 13.7. The Labute approximate surface area is 233 Å². The standard InChI is InChI=1S/C32H41NO5Si/c1-22-29(38-30(19-20-34)31(22)39(4,5)28-16-14-27(37-3)15-17-28)18-9-23-7-6-8-25(21-23)33-32(35)24-10-12-26(36-2)13-11-24/h6-8,10-17,21-22,29-31,34H,9,18-20H2,1-5H3,(H,33,35)/t22-,29+,30-,31+/m0/s1. The van der Waals surface area contributed by atoms with Gasteiger partial charge in [0.25, 0.3) is 5.91 Å². The molecule has 3 aromatic rings. The van der Waals surface area contributed by atoms with Gasteiger partial charge in [-0.2, -0.15) is 0 Å². The third-order valence-electron chi connectivity index (χ3n) is 8.24. The summed E-state index contributed by atoms with van der Waals surface area (Å²) in [6, 6.07) is 23.6. The molecule has 0 unspecified atom stereocenters. The summed E-state index contributed by atoms with van der Waals surface area (Å²) >= 11 is 0. The molecule has 6 nitrogen and oxygen atoms in total. The van der Waals surface area contributed by atoms with Gasteiger partial charge in [0.1, 0.15) is 11.5 Å². The predicted molar refractivity (Wildman–Crippen MR) is 159 cm³/mol. The number of carbonyl (C=O) groups excluding carboxylic acids is 1. The minimum Gasteiger partial charge on any atom is -0.497 e. The molecule has 2 N–H and O–H groups in total. The summed E-state index contributed by atoms with van der Waals surface area (Å²) in [7, 11) is 1.39. The average molecular weight is 548 g/mol. The number of methoxy groups -OCH3 is 2. The highest BCUT2D eigenvalue weighted by atomic mass is 28.3. The lowest BCUT2D eigenvalue weighted by Crippen LogP contribution is -2.50. The highest BCUT2D eigenvalue weighted by Gasteiger charge is 2.50. The number of aryl methyl sites for hydroxylation is 1. The molecule has 4 rings (SSSR count). The summed E-state index contributed by atoms with van der Waals surface area (Å²) in [5.41, 5.74) is 2.92. The van der Waals surface area contributed by atoms with E-state index in [-0.39, 0.29) is 24.7 Å². The molecule has 1 saturated heterocycles. The van der Waals surface area contributed by atoms with Crippen molar-refractivity contribution in [1.29, 1.82) is 0 Å². The molecule has 1 aliphatic rings. The van der Waals surface area contributed by atoms with E-state index in [4.69, 9.17) is 14.2 Å². The number of anilines is 1. The molecule has 0 saturated carbocycles. The van der Waals surface area contributed by atoms with Crippen molar-refractivity contribution < 1.29 is 24.1 Å². The van der Waals surface area contributed by atoms with Crippen molar-refractivity contribution in [1.82, 2.24) is 0 Å². The molecule has 3 aromatic carbocycles. The first-order chi connectivity index (χ1) is 18.8. The average Bonchev–Trinajstić information content (AvgIpc) is 3.27. The van der Waals surface area contributed by atoms with Crippen LogP contribution in [0.15, 0.2) is 72.8 Å². The number of rotatable bonds is 11. The summed E-state index contributed by atoms with van der Waals surface area (Å²) in [5.74, 6) is 1.81. The second-order valence-corrected chi connectivity index (χ2v) is 15.7. The Morgan fingerprint density at radius 1 is 0.923 bits per heavy atom. The maximum atomic E-state index is 12.7. The number of benzene rings is 3. The highest BCUT2D eigenvalue weighted by Crippen LogP contribution is 2.46. The Morgan fingerprint density at radius 3 is 2.18 bits per heavy atom. The topological polar surface area (TPSA) is 77.0 Å². The van der Waals surface area contributed by atoms with Gasteiger partial charge >= 0.3 is 0 Å². The quantitative estimate of drug-likeness (QED) is 0.303. The zero-order chi connectivity index (χ0) is 28.0. The first-order valence-corrected chi connectivity index (χ1v) is 16.8. The molecule has 39 heavy (non-hydrogen) atoms. The van der Waals surface area contributed by atoms with Crippen molar-refractivity contribution in [2.75, 3.05) is 26.1 Å². The fraction of sp³-hybridized carbons (Fsp3) is 0.406. The van der Waals surface area contributed by atoms with Crippen LogP contribution in [0.3, 0.4) is 0 Å². The second kappa shape index (κ2) is 12.8. The van der Waals surface area contributed by atoms with E-state index in [9.17, 15) is 9.90 Å². The van der Waals surface area contributed by atoms with Crippen LogP contribution in [0, 0.1) is 5.92 Å². The lowest BCUT2D eigenvalue weighted by Gasteiger charge is -2.36. The van der Waals surface area contributed by atoms with Gasteiger partial charge in [-0.25, -0.2) is 0 Å². The zero-order valence-corrected chi connectivity index (χ0v) is 24.6. The van der Waals surface area contributed by atoms with Gasteiger partial charge in [-0.05, 0) is 84.8 Å². The van der Waals surface area contributed by atoms with Crippen LogP contribution < -0.4 is 20.0 Å². The molecule has 1 amide bonds. The van der Waals surface area contributed by atoms with Gasteiger partial charge in [0, 0.05) is 17.9 Å². The minimum atomic E-state index is -1.91. The van der Waals surface area contributed by atoms with Crippen molar-refractivity contribution in [3.8, 4) is 11.5 Å². The van der Waals surface area contributed by atoms with Crippen LogP contribution in [-0.2, 0) is 11.2 Å². The molecule has 0 aliphatic carbocycles. The lowest BCUT2D eigenvalue weighted by molar-refractivity contribution is 0.0196. The number of ether oxygens (including phenoxy) is 3. The van der Waals surface area contributed by atoms with Gasteiger partial charge in [-0.15, -0.1) is 0 Å². The third-order valence-corrected chi connectivity index (χ3v) is 12.6. The van der Waals surface area contributed by atoms with Crippen LogP contribution in [0.5, 0.6) is 11.5 Å². The molecule has 4 atom stereocenters. The van der Waals surface area contributed by atoms with E-state index in [0.717, 1.165) is 35.6 Å². The normalized spacial score (nSPS) is 21.0. The molecular formula is C32H41NO5Si. The van der Waals surface area contributed by atoms with Gasteiger partial charge in [-0.3, -0.25) is 4.79 Å². The number of hydrogen-bond donors (Lipinski definition) is 2. The molecule has 208 valence electrons. The van der Waals surface area contributed by atoms with E-state index in [1.165, 1.54) is 5.19 Å². The molecule has 7 heteroatoms. The lowest BCUT2D eigenvalue weighted by atomic mass is 9.95. The third kappa shape index (κ3) is 6.72. The summed E-state index contributed by atoms with van der Waals surface area (Å²) in [6.07, 6.45) is 2.57. The van der Waals surface area contributed by atoms with Crippen LogP contribution in [0.1, 0.15) is 35.7 Å². The van der Waals surface area contributed by atoms with Crippen molar-refractivity contribution in [2.24, 2.45) is 5.92 Å². The van der Waals surface area contributed by atoms with Gasteiger partial charge in [-0.1, -0.05) is 49.5 Å². The van der Waals surface area contributed by atoms with E-state index >= 15 is 0 Å². The van der Waals surface area contributed by atoms with Crippen LogP contribution in [0.25, 0.3) is 0 Å². The smallest absolute Gasteiger partial charge is 0.255 e. The highest BCUT2D eigenvalue weighted by molar-refractivity contribution is 6.91. The van der Waals surface area contributed by atoms with E-state index < -0.39 is 8.07 Å². The number of aliphatic hydroxyl groups is 1. The molecule has 0 aromatic heterocycles. The monoisotopic (exact) mass is 547 g/mol. The Morgan fingerprint density at radius 2 is 1.56 bits per heavy atom. The Hall–Kier alpha value is -3.13. The maximum absolute atomic E-state index is 12.7. The van der Waals surface area contributed by atoms with E-state index in [0.29, 0.717) is 23.4 Å². The summed E-state index contributed by atoms with van der Waals surface area (Å²) < 4.78 is 17.2. The number of amides is 1. The van der Waals surface area contributed by atoms with Gasteiger partial charge in [0.2, 0.25) is 0 Å².